The van der Waals surface area contributed by atoms with Gasteiger partial charge in [-0.25, -0.2) is 13.2 Å². The minimum absolute atomic E-state index is 0.144. The number of hydrogen-bond acceptors (Lipinski definition) is 5. The Morgan fingerprint density at radius 1 is 1.13 bits per heavy atom. The number of nitrogens with one attached hydrogen (secondary N) is 3. The molecule has 0 fully saturated rings. The molecule has 3 amide bonds. The largest absolute Gasteiger partial charge is 0.351 e. The van der Waals surface area contributed by atoms with Crippen LogP contribution < -0.4 is 21.1 Å². The maximum atomic E-state index is 12.8. The van der Waals surface area contributed by atoms with Crippen molar-refractivity contribution in [3.63, 3.8) is 0 Å². The van der Waals surface area contributed by atoms with E-state index in [2.05, 4.69) is 20.3 Å². The van der Waals surface area contributed by atoms with Crippen LogP contribution in [0.15, 0.2) is 58.4 Å². The highest BCUT2D eigenvalue weighted by Crippen LogP contribution is 2.23. The fourth-order valence-corrected chi connectivity index (χ4v) is 4.31. The number of nitrogens with two attached hydrogens (primary N) is 1. The molecule has 2 aromatic rings. The van der Waals surface area contributed by atoms with Gasteiger partial charge in [-0.1, -0.05) is 38.1 Å². The Bertz CT molecular complexity index is 1110. The lowest BCUT2D eigenvalue weighted by Crippen LogP contribution is -2.38. The molecule has 2 aromatic carbocycles. The molecule has 1 heterocycles. The normalized spacial score (nSPS) is 16.6. The van der Waals surface area contributed by atoms with Gasteiger partial charge in [0.1, 0.15) is 11.9 Å². The second-order valence-corrected chi connectivity index (χ2v) is 8.83. The second kappa shape index (κ2) is 8.54. The summed E-state index contributed by atoms with van der Waals surface area (Å²) in [5.41, 5.74) is 6.84. The monoisotopic (exact) mass is 429 g/mol. The number of urea groups is 1. The third-order valence-electron chi connectivity index (χ3n) is 4.49. The summed E-state index contributed by atoms with van der Waals surface area (Å²) in [6.07, 6.45) is 0. The van der Waals surface area contributed by atoms with E-state index in [0.29, 0.717) is 11.3 Å². The molecular formula is C20H23N5O4S. The number of primary amides is 1. The van der Waals surface area contributed by atoms with Crippen LogP contribution in [0.25, 0.3) is 0 Å². The molecule has 0 bridgehead atoms. The summed E-state index contributed by atoms with van der Waals surface area (Å²) < 4.78 is 27.0. The smallest absolute Gasteiger partial charge is 0.316 e. The quantitative estimate of drug-likeness (QED) is 0.552. The zero-order chi connectivity index (χ0) is 21.9. The van der Waals surface area contributed by atoms with Gasteiger partial charge in [-0.05, 0) is 35.7 Å². The molecule has 10 heteroatoms. The maximum Gasteiger partial charge on any atom is 0.316 e. The molecule has 0 unspecified atom stereocenters. The molecule has 9 nitrogen and oxygen atoms in total. The molecule has 30 heavy (non-hydrogen) atoms. The maximum absolute atomic E-state index is 12.8. The highest BCUT2D eigenvalue weighted by Gasteiger charge is 2.32. The van der Waals surface area contributed by atoms with Crippen molar-refractivity contribution >= 4 is 33.5 Å². The Kier molecular flexibility index (Phi) is 6.06. The molecule has 1 atom stereocenters. The minimum Gasteiger partial charge on any atom is -0.351 e. The van der Waals surface area contributed by atoms with Crippen molar-refractivity contribution in [3.8, 4) is 0 Å². The Morgan fingerprint density at radius 3 is 2.57 bits per heavy atom. The van der Waals surface area contributed by atoms with Gasteiger partial charge >= 0.3 is 6.03 Å². The van der Waals surface area contributed by atoms with E-state index >= 15 is 0 Å². The van der Waals surface area contributed by atoms with Crippen LogP contribution in [0.4, 0.5) is 10.5 Å². The van der Waals surface area contributed by atoms with Gasteiger partial charge in [0.25, 0.3) is 10.0 Å². The molecule has 1 aliphatic rings. The fourth-order valence-electron chi connectivity index (χ4n) is 3.07. The van der Waals surface area contributed by atoms with E-state index in [1.54, 1.807) is 42.5 Å². The number of anilines is 1. The number of benzene rings is 2. The summed E-state index contributed by atoms with van der Waals surface area (Å²) in [6, 6.07) is 11.9. The molecule has 158 valence electrons. The van der Waals surface area contributed by atoms with Crippen molar-refractivity contribution < 1.29 is 18.0 Å². The van der Waals surface area contributed by atoms with Crippen LogP contribution in [0, 0.1) is 5.92 Å². The van der Waals surface area contributed by atoms with Gasteiger partial charge in [0, 0.05) is 17.8 Å². The summed E-state index contributed by atoms with van der Waals surface area (Å²) in [5.74, 6) is -0.348. The Balaban J connectivity index is 1.77. The van der Waals surface area contributed by atoms with E-state index in [0.717, 1.165) is 5.56 Å². The molecule has 0 spiro atoms. The molecule has 0 aliphatic carbocycles. The SMILES string of the molecule is CC(C)[C@H](N=C1NS(=O)(=O)c2ccccc21)C(=O)NCc1cccc(NC(N)=O)c1. The molecule has 0 aromatic heterocycles. The van der Waals surface area contributed by atoms with Gasteiger partial charge < -0.3 is 16.4 Å². The van der Waals surface area contributed by atoms with Crippen LogP contribution in [0.1, 0.15) is 25.0 Å². The number of amidine groups is 1. The first-order valence-electron chi connectivity index (χ1n) is 9.30. The molecule has 5 N–H and O–H groups in total. The lowest BCUT2D eigenvalue weighted by Gasteiger charge is -2.17. The van der Waals surface area contributed by atoms with E-state index < -0.39 is 22.1 Å². The number of amides is 3. The summed E-state index contributed by atoms with van der Waals surface area (Å²) in [7, 11) is -3.68. The van der Waals surface area contributed by atoms with Crippen LogP contribution in [-0.4, -0.2) is 32.2 Å². The number of carbonyl (C=O) groups is 2. The van der Waals surface area contributed by atoms with Gasteiger partial charge in [0.05, 0.1) is 4.90 Å². The summed E-state index contributed by atoms with van der Waals surface area (Å²) >= 11 is 0. The highest BCUT2D eigenvalue weighted by molar-refractivity contribution is 7.90. The number of nitrogens with zero attached hydrogens (tertiary/aromatic N) is 1. The fraction of sp³-hybridized carbons (Fsp3) is 0.250. The van der Waals surface area contributed by atoms with Crippen molar-refractivity contribution in [3.05, 3.63) is 59.7 Å². The van der Waals surface area contributed by atoms with Crippen LogP contribution in [0.3, 0.4) is 0 Å². The lowest BCUT2D eigenvalue weighted by molar-refractivity contribution is -0.123. The Hall–Kier alpha value is -3.40. The summed E-state index contributed by atoms with van der Waals surface area (Å²) in [5, 5.41) is 5.29. The number of carbonyl (C=O) groups excluding carboxylic acids is 2. The number of rotatable bonds is 6. The standard InChI is InChI=1S/C20H23N5O4S/c1-12(2)17(24-18-15-8-3-4-9-16(15)30(28,29)25-18)19(26)22-11-13-6-5-7-14(10-13)23-20(21)27/h3-10,12,17H,11H2,1-2H3,(H,22,26)(H,24,25)(H3,21,23,27)/t17-/m0/s1. The van der Waals surface area contributed by atoms with Crippen LogP contribution in [0.2, 0.25) is 0 Å². The van der Waals surface area contributed by atoms with E-state index in [1.807, 2.05) is 13.8 Å². The first-order chi connectivity index (χ1) is 14.2. The van der Waals surface area contributed by atoms with E-state index in [9.17, 15) is 18.0 Å². The predicted octanol–water partition coefficient (Wildman–Crippen LogP) is 1.56. The zero-order valence-corrected chi connectivity index (χ0v) is 17.4. The first kappa shape index (κ1) is 21.3. The molecule has 3 rings (SSSR count). The van der Waals surface area contributed by atoms with Gasteiger partial charge in [0.15, 0.2) is 0 Å². The van der Waals surface area contributed by atoms with Crippen molar-refractivity contribution in [1.29, 1.82) is 0 Å². The highest BCUT2D eigenvalue weighted by atomic mass is 32.2. The van der Waals surface area contributed by atoms with Crippen molar-refractivity contribution in [1.82, 2.24) is 10.0 Å². The topological polar surface area (TPSA) is 143 Å². The van der Waals surface area contributed by atoms with E-state index in [1.165, 1.54) is 6.07 Å². The summed E-state index contributed by atoms with van der Waals surface area (Å²) in [4.78, 5) is 28.3. The lowest BCUT2D eigenvalue weighted by atomic mass is 10.0. The van der Waals surface area contributed by atoms with Gasteiger partial charge in [0.2, 0.25) is 5.91 Å². The van der Waals surface area contributed by atoms with E-state index in [4.69, 9.17) is 5.73 Å². The van der Waals surface area contributed by atoms with Crippen LogP contribution >= 0.6 is 0 Å². The number of hydrogen-bond donors (Lipinski definition) is 4. The third-order valence-corrected chi connectivity index (χ3v) is 5.89. The molecule has 0 radical (unpaired) electrons. The average Bonchev–Trinajstić information content (AvgIpc) is 2.94. The second-order valence-electron chi connectivity index (χ2n) is 7.18. The van der Waals surface area contributed by atoms with Crippen LogP contribution in [-0.2, 0) is 21.4 Å². The van der Waals surface area contributed by atoms with Gasteiger partial charge in [-0.3, -0.25) is 14.5 Å². The third kappa shape index (κ3) is 4.77. The first-order valence-corrected chi connectivity index (χ1v) is 10.8. The van der Waals surface area contributed by atoms with Gasteiger partial charge in [-0.15, -0.1) is 0 Å². The van der Waals surface area contributed by atoms with Crippen molar-refractivity contribution in [2.24, 2.45) is 16.6 Å². The molecule has 1 aliphatic heterocycles. The number of fused-ring (bicyclic) bond motifs is 1. The molecule has 0 saturated carbocycles. The summed E-state index contributed by atoms with van der Waals surface area (Å²) in [6.45, 7) is 3.88. The minimum atomic E-state index is -3.68. The Labute approximate surface area is 174 Å². The predicted molar refractivity (Wildman–Crippen MR) is 113 cm³/mol. The molecular weight excluding hydrogens is 406 g/mol. The Morgan fingerprint density at radius 2 is 1.87 bits per heavy atom. The number of sulfonamides is 1. The van der Waals surface area contributed by atoms with E-state index in [-0.39, 0.29) is 29.1 Å². The van der Waals surface area contributed by atoms with Crippen molar-refractivity contribution in [2.75, 3.05) is 5.32 Å². The van der Waals surface area contributed by atoms with Crippen LogP contribution in [0.5, 0.6) is 0 Å². The average molecular weight is 430 g/mol. The van der Waals surface area contributed by atoms with Gasteiger partial charge in [-0.2, -0.15) is 0 Å². The molecule has 0 saturated heterocycles. The zero-order valence-electron chi connectivity index (χ0n) is 16.5. The van der Waals surface area contributed by atoms with Crippen molar-refractivity contribution in [2.45, 2.75) is 31.3 Å². The number of aliphatic imine (C=N–C) groups is 1.